The summed E-state index contributed by atoms with van der Waals surface area (Å²) in [5, 5.41) is 46.0. The van der Waals surface area contributed by atoms with Gasteiger partial charge < -0.3 is 30.5 Å². The summed E-state index contributed by atoms with van der Waals surface area (Å²) in [6.45, 7) is 6.46. The Morgan fingerprint density at radius 3 is 2.76 bits per heavy atom. The molecular weight excluding hydrogens is 424 g/mol. The van der Waals surface area contributed by atoms with Crippen molar-refractivity contribution in [2.45, 2.75) is 75.7 Å². The first-order valence-electron chi connectivity index (χ1n) is 11.9. The van der Waals surface area contributed by atoms with E-state index in [9.17, 15) is 25.2 Å². The highest BCUT2D eigenvalue weighted by atomic mass is 16.5. The van der Waals surface area contributed by atoms with Crippen LogP contribution in [-0.2, 0) is 16.6 Å². The van der Waals surface area contributed by atoms with Gasteiger partial charge in [-0.15, -0.1) is 0 Å². The predicted molar refractivity (Wildman–Crippen MR) is 121 cm³/mol. The fraction of sp³-hybridized carbons (Fsp3) is 0.640. The van der Waals surface area contributed by atoms with Crippen LogP contribution in [0.25, 0.3) is 0 Å². The molecule has 5 rings (SSSR count). The molecule has 1 spiro atoms. The number of carbonyl (C=O) groups is 1. The average molecular weight is 459 g/mol. The van der Waals surface area contributed by atoms with Crippen molar-refractivity contribution in [3.05, 3.63) is 34.6 Å². The number of nitrogens with zero attached hydrogens (tertiary/aromatic N) is 1. The van der Waals surface area contributed by atoms with E-state index in [4.69, 9.17) is 4.74 Å². The van der Waals surface area contributed by atoms with E-state index in [1.54, 1.807) is 13.0 Å². The maximum absolute atomic E-state index is 12.7. The molecule has 1 aromatic carbocycles. The van der Waals surface area contributed by atoms with Crippen molar-refractivity contribution in [3.8, 4) is 11.5 Å². The molecule has 2 aliphatic heterocycles. The summed E-state index contributed by atoms with van der Waals surface area (Å²) < 4.78 is 6.20. The van der Waals surface area contributed by atoms with Gasteiger partial charge in [0.2, 0.25) is 0 Å². The Morgan fingerprint density at radius 1 is 1.36 bits per heavy atom. The van der Waals surface area contributed by atoms with Gasteiger partial charge in [-0.25, -0.2) is 0 Å². The molecule has 2 heterocycles. The zero-order valence-corrected chi connectivity index (χ0v) is 19.5. The molecule has 8 nitrogen and oxygen atoms in total. The minimum atomic E-state index is -1.25. The highest BCUT2D eigenvalue weighted by Gasteiger charge is 2.69. The summed E-state index contributed by atoms with van der Waals surface area (Å²) in [7, 11) is 0. The molecule has 0 aromatic heterocycles. The molecular formula is C25H34N2O6. The molecule has 2 bridgehead atoms. The van der Waals surface area contributed by atoms with Gasteiger partial charge in [-0.2, -0.15) is 0 Å². The highest BCUT2D eigenvalue weighted by Crippen LogP contribution is 2.63. The minimum Gasteiger partial charge on any atom is -0.508 e. The number of nitrogens with one attached hydrogen (secondary N) is 1. The fourth-order valence-corrected chi connectivity index (χ4v) is 6.26. The van der Waals surface area contributed by atoms with Gasteiger partial charge in [0, 0.05) is 24.2 Å². The lowest BCUT2D eigenvalue weighted by Gasteiger charge is -2.59. The number of piperidine rings is 1. The Kier molecular flexibility index (Phi) is 5.19. The van der Waals surface area contributed by atoms with E-state index >= 15 is 0 Å². The number of aliphatic hydroxyl groups is 3. The van der Waals surface area contributed by atoms with E-state index in [1.807, 2.05) is 13.0 Å². The largest absolute Gasteiger partial charge is 0.508 e. The van der Waals surface area contributed by atoms with E-state index in [-0.39, 0.29) is 35.5 Å². The lowest BCUT2D eigenvalue weighted by Crippen LogP contribution is -2.73. The number of fused-ring (bicyclic) bond motifs is 1. The molecule has 2 aliphatic carbocycles. The van der Waals surface area contributed by atoms with Crippen LogP contribution in [-0.4, -0.2) is 74.7 Å². The molecule has 5 N–H and O–H groups in total. The van der Waals surface area contributed by atoms with Crippen LogP contribution < -0.4 is 10.1 Å². The van der Waals surface area contributed by atoms with Gasteiger partial charge in [-0.05, 0) is 70.5 Å². The summed E-state index contributed by atoms with van der Waals surface area (Å²) in [6.07, 6.45) is 2.61. The van der Waals surface area contributed by atoms with E-state index in [0.717, 1.165) is 24.2 Å². The van der Waals surface area contributed by atoms with Gasteiger partial charge in [0.25, 0.3) is 5.91 Å². The number of aliphatic hydroxyl groups excluding tert-OH is 2. The number of ether oxygens (including phenoxy) is 1. The number of amides is 1. The zero-order valence-electron chi connectivity index (χ0n) is 19.5. The smallest absolute Gasteiger partial charge is 0.250 e. The van der Waals surface area contributed by atoms with Crippen molar-refractivity contribution in [2.75, 3.05) is 19.7 Å². The molecule has 33 heavy (non-hydrogen) atoms. The van der Waals surface area contributed by atoms with Gasteiger partial charge in [0.1, 0.15) is 5.76 Å². The summed E-state index contributed by atoms with van der Waals surface area (Å²) in [4.78, 5) is 15.1. The second-order valence-electron chi connectivity index (χ2n) is 10.5. The first-order chi connectivity index (χ1) is 15.6. The van der Waals surface area contributed by atoms with Crippen molar-refractivity contribution in [3.63, 3.8) is 0 Å². The van der Waals surface area contributed by atoms with Gasteiger partial charge in [-0.1, -0.05) is 6.07 Å². The Balaban J connectivity index is 1.61. The Labute approximate surface area is 193 Å². The summed E-state index contributed by atoms with van der Waals surface area (Å²) in [5.41, 5.74) is -0.413. The minimum absolute atomic E-state index is 0.0332. The van der Waals surface area contributed by atoms with Crippen LogP contribution in [0.4, 0.5) is 0 Å². The topological polar surface area (TPSA) is 122 Å². The summed E-state index contributed by atoms with van der Waals surface area (Å²) in [5.74, 6) is 0.169. The van der Waals surface area contributed by atoms with Crippen molar-refractivity contribution in [1.29, 1.82) is 0 Å². The normalized spacial score (nSPS) is 34.2. The van der Waals surface area contributed by atoms with Gasteiger partial charge in [-0.3, -0.25) is 9.69 Å². The van der Waals surface area contributed by atoms with Crippen LogP contribution >= 0.6 is 0 Å². The quantitative estimate of drug-likeness (QED) is 0.324. The van der Waals surface area contributed by atoms with Crippen LogP contribution in [0, 0.1) is 5.92 Å². The van der Waals surface area contributed by atoms with Crippen molar-refractivity contribution < 1.29 is 30.0 Å². The predicted octanol–water partition coefficient (Wildman–Crippen LogP) is 1.51. The van der Waals surface area contributed by atoms with Crippen LogP contribution in [0.1, 0.15) is 51.2 Å². The Morgan fingerprint density at radius 2 is 2.09 bits per heavy atom. The molecule has 0 radical (unpaired) electrons. The highest BCUT2D eigenvalue weighted by molar-refractivity contribution is 5.93. The third kappa shape index (κ3) is 3.18. The third-order valence-electron chi connectivity index (χ3n) is 8.37. The molecule has 1 aromatic rings. The van der Waals surface area contributed by atoms with Crippen LogP contribution in [0.5, 0.6) is 11.5 Å². The third-order valence-corrected chi connectivity index (χ3v) is 8.37. The summed E-state index contributed by atoms with van der Waals surface area (Å²) >= 11 is 0. The zero-order chi connectivity index (χ0) is 23.7. The van der Waals surface area contributed by atoms with E-state index in [2.05, 4.69) is 10.2 Å². The molecule has 1 amide bonds. The van der Waals surface area contributed by atoms with Gasteiger partial charge in [0.05, 0.1) is 23.2 Å². The Hall–Kier alpha value is -2.29. The van der Waals surface area contributed by atoms with Gasteiger partial charge >= 0.3 is 0 Å². The molecule has 5 atom stereocenters. The van der Waals surface area contributed by atoms with Crippen LogP contribution in [0.3, 0.4) is 0 Å². The number of carbonyl (C=O) groups excluding carboxylic acids is 1. The molecule has 0 unspecified atom stereocenters. The molecule has 1 saturated heterocycles. The first-order valence-corrected chi connectivity index (χ1v) is 11.9. The van der Waals surface area contributed by atoms with E-state index in [1.165, 1.54) is 19.8 Å². The maximum atomic E-state index is 12.7. The first kappa shape index (κ1) is 22.5. The molecule has 4 aliphatic rings. The fourth-order valence-electron chi connectivity index (χ4n) is 6.26. The maximum Gasteiger partial charge on any atom is 0.250 e. The van der Waals surface area contributed by atoms with Gasteiger partial charge in [0.15, 0.2) is 17.6 Å². The Bertz CT molecular complexity index is 1020. The number of phenolic OH excluding ortho intramolecular Hbond substituents is 1. The van der Waals surface area contributed by atoms with E-state index < -0.39 is 29.1 Å². The SMILES string of the molecule is C/C(C(=O)N[C@@H](C)CO)=C(/O)[C@@H]1Oc2c(O)ccc3c2[C@@]12CCN(CC1CC1)[C@H](C3)[C@@]2(C)O. The molecule has 2 fully saturated rings. The van der Waals surface area contributed by atoms with Crippen molar-refractivity contribution >= 4 is 5.91 Å². The molecule has 8 heteroatoms. The number of hydrogen-bond acceptors (Lipinski definition) is 7. The van der Waals surface area contributed by atoms with Crippen LogP contribution in [0.15, 0.2) is 23.5 Å². The number of aromatic hydroxyl groups is 1. The van der Waals surface area contributed by atoms with Crippen molar-refractivity contribution in [1.82, 2.24) is 10.2 Å². The number of rotatable bonds is 6. The number of phenols is 1. The lowest BCUT2D eigenvalue weighted by atomic mass is 9.53. The summed E-state index contributed by atoms with van der Waals surface area (Å²) in [6, 6.07) is 2.87. The second kappa shape index (κ2) is 7.61. The van der Waals surface area contributed by atoms with Crippen molar-refractivity contribution in [2.24, 2.45) is 5.92 Å². The average Bonchev–Trinajstić information content (AvgIpc) is 3.51. The van der Waals surface area contributed by atoms with E-state index in [0.29, 0.717) is 18.8 Å². The van der Waals surface area contributed by atoms with Crippen LogP contribution in [0.2, 0.25) is 0 Å². The lowest BCUT2D eigenvalue weighted by molar-refractivity contribution is -0.153. The second-order valence-corrected chi connectivity index (χ2v) is 10.5. The number of likely N-dealkylation sites (tertiary alicyclic amines) is 1. The molecule has 180 valence electrons. The number of hydrogen-bond donors (Lipinski definition) is 5. The monoisotopic (exact) mass is 458 g/mol. The standard InChI is InChI=1S/C25H34N2O6/c1-13(12-28)26-23(31)14(2)20(30)22-25-8-9-27(11-15-4-5-15)18(24(25,3)32)10-16-6-7-17(29)21(33-22)19(16)25/h6-7,13,15,18,22,28-30,32H,4-5,8-12H2,1-3H3,(H,26,31)/b20-14-/t13-,18+,22-,24+,25-/m0/s1. The molecule has 1 saturated carbocycles. The number of benzene rings is 1.